The number of carbonyl (C=O) groups excluding carboxylic acids is 1. The predicted octanol–water partition coefficient (Wildman–Crippen LogP) is 5.38. The van der Waals surface area contributed by atoms with Gasteiger partial charge in [0.2, 0.25) is 0 Å². The van der Waals surface area contributed by atoms with E-state index >= 15 is 0 Å². The highest BCUT2D eigenvalue weighted by Crippen LogP contribution is 2.32. The average Bonchev–Trinajstić information content (AvgIpc) is 2.84. The molecule has 1 aliphatic carbocycles. The highest BCUT2D eigenvalue weighted by atomic mass is 16.5. The van der Waals surface area contributed by atoms with E-state index in [-0.39, 0.29) is 12.5 Å². The third-order valence-corrected chi connectivity index (χ3v) is 5.86. The summed E-state index contributed by atoms with van der Waals surface area (Å²) in [5, 5.41) is 12.5. The summed E-state index contributed by atoms with van der Waals surface area (Å²) >= 11 is 0. The Balaban J connectivity index is 1.37. The molecule has 0 aromatic heterocycles. The number of hydrogen-bond donors (Lipinski definition) is 2. The number of nitrogens with one attached hydrogen (secondary N) is 1. The van der Waals surface area contributed by atoms with Gasteiger partial charge in [0, 0.05) is 5.69 Å². The molecule has 33 heavy (non-hydrogen) atoms. The summed E-state index contributed by atoms with van der Waals surface area (Å²) in [6.07, 6.45) is 0.956. The summed E-state index contributed by atoms with van der Waals surface area (Å²) in [5.74, 6) is -0.840. The normalized spacial score (nSPS) is 15.8. The first-order chi connectivity index (χ1) is 16.1. The monoisotopic (exact) mass is 445 g/mol. The lowest BCUT2D eigenvalue weighted by atomic mass is 9.83. The lowest BCUT2D eigenvalue weighted by molar-refractivity contribution is -0.151. The van der Waals surface area contributed by atoms with E-state index in [0.717, 1.165) is 29.7 Å². The van der Waals surface area contributed by atoms with Gasteiger partial charge in [0.1, 0.15) is 6.61 Å². The molecule has 3 aromatic carbocycles. The first kappa shape index (κ1) is 22.6. The van der Waals surface area contributed by atoms with Gasteiger partial charge in [-0.25, -0.2) is 9.59 Å². The number of ether oxygens (including phenoxy) is 2. The largest absolute Gasteiger partial charge is 0.479 e. The third-order valence-electron chi connectivity index (χ3n) is 5.86. The van der Waals surface area contributed by atoms with Crippen LogP contribution in [0.25, 0.3) is 0 Å². The molecular weight excluding hydrogens is 418 g/mol. The second kappa shape index (κ2) is 10.8. The van der Waals surface area contributed by atoms with Gasteiger partial charge < -0.3 is 14.6 Å². The van der Waals surface area contributed by atoms with Crippen molar-refractivity contribution in [3.05, 3.63) is 101 Å². The molecule has 170 valence electrons. The van der Waals surface area contributed by atoms with Crippen LogP contribution in [0.2, 0.25) is 0 Å². The predicted molar refractivity (Wildman–Crippen MR) is 125 cm³/mol. The summed E-state index contributed by atoms with van der Waals surface area (Å²) in [7, 11) is 0. The molecule has 0 saturated carbocycles. The number of amides is 1. The van der Waals surface area contributed by atoms with Gasteiger partial charge in [-0.3, -0.25) is 5.32 Å². The zero-order valence-corrected chi connectivity index (χ0v) is 18.3. The number of hydrogen-bond acceptors (Lipinski definition) is 4. The van der Waals surface area contributed by atoms with Crippen LogP contribution in [-0.2, 0) is 33.7 Å². The molecule has 0 radical (unpaired) electrons. The number of carboxylic acid groups (broad SMARTS) is 1. The second-order valence-corrected chi connectivity index (χ2v) is 8.20. The molecule has 2 atom stereocenters. The van der Waals surface area contributed by atoms with Gasteiger partial charge >= 0.3 is 12.1 Å². The molecule has 2 N–H and O–H groups in total. The minimum Gasteiger partial charge on any atom is -0.479 e. The highest BCUT2D eigenvalue weighted by molar-refractivity contribution is 5.86. The first-order valence-electron chi connectivity index (χ1n) is 11.1. The van der Waals surface area contributed by atoms with Crippen LogP contribution < -0.4 is 5.32 Å². The Morgan fingerprint density at radius 1 is 0.970 bits per heavy atom. The summed E-state index contributed by atoms with van der Waals surface area (Å²) < 4.78 is 11.2. The quantitative estimate of drug-likeness (QED) is 0.486. The topological polar surface area (TPSA) is 84.9 Å². The smallest absolute Gasteiger partial charge is 0.411 e. The Hall–Kier alpha value is -3.64. The fraction of sp³-hybridized carbons (Fsp3) is 0.259. The summed E-state index contributed by atoms with van der Waals surface area (Å²) in [4.78, 5) is 24.1. The molecule has 6 nitrogen and oxygen atoms in total. The Bertz CT molecular complexity index is 1080. The maximum atomic E-state index is 12.4. The van der Waals surface area contributed by atoms with Crippen molar-refractivity contribution in [1.29, 1.82) is 0 Å². The van der Waals surface area contributed by atoms with Gasteiger partial charge in [0.25, 0.3) is 0 Å². The molecule has 1 amide bonds. The Morgan fingerprint density at radius 2 is 1.70 bits per heavy atom. The minimum atomic E-state index is -0.999. The van der Waals surface area contributed by atoms with E-state index in [9.17, 15) is 14.7 Å². The van der Waals surface area contributed by atoms with E-state index in [2.05, 4.69) is 11.4 Å². The fourth-order valence-corrected chi connectivity index (χ4v) is 4.16. The molecule has 6 heteroatoms. The van der Waals surface area contributed by atoms with Gasteiger partial charge in [-0.15, -0.1) is 0 Å². The van der Waals surface area contributed by atoms with Gasteiger partial charge in [0.05, 0.1) is 6.61 Å². The number of fused-ring (bicyclic) bond motifs is 1. The van der Waals surface area contributed by atoms with Crippen LogP contribution in [0, 0.1) is 5.92 Å². The maximum absolute atomic E-state index is 12.4. The van der Waals surface area contributed by atoms with Crippen molar-refractivity contribution in [1.82, 2.24) is 0 Å². The number of carboxylic acids is 1. The van der Waals surface area contributed by atoms with E-state index < -0.39 is 18.2 Å². The molecule has 2 unspecified atom stereocenters. The fourth-order valence-electron chi connectivity index (χ4n) is 4.16. The molecular formula is C27H27NO5. The van der Waals surface area contributed by atoms with Crippen LogP contribution in [0.1, 0.15) is 34.8 Å². The molecule has 0 saturated heterocycles. The molecule has 0 heterocycles. The Kier molecular flexibility index (Phi) is 7.37. The SMILES string of the molecule is O=C(Nc1cccc2c1CC(COC(C(=O)O)c1ccccc1)CC2)OCc1ccccc1. The molecule has 0 bridgehead atoms. The zero-order chi connectivity index (χ0) is 23.0. The van der Waals surface area contributed by atoms with Crippen molar-refractivity contribution in [2.45, 2.75) is 32.0 Å². The number of benzene rings is 3. The van der Waals surface area contributed by atoms with E-state index in [1.165, 1.54) is 5.56 Å². The van der Waals surface area contributed by atoms with Crippen molar-refractivity contribution in [3.8, 4) is 0 Å². The van der Waals surface area contributed by atoms with E-state index in [1.54, 1.807) is 24.3 Å². The molecule has 0 spiro atoms. The zero-order valence-electron chi connectivity index (χ0n) is 18.3. The van der Waals surface area contributed by atoms with Gasteiger partial charge in [-0.2, -0.15) is 0 Å². The van der Waals surface area contributed by atoms with Crippen LogP contribution in [0.4, 0.5) is 10.5 Å². The van der Waals surface area contributed by atoms with Crippen molar-refractivity contribution in [3.63, 3.8) is 0 Å². The van der Waals surface area contributed by atoms with Gasteiger partial charge in [-0.05, 0) is 53.5 Å². The number of aliphatic carboxylic acids is 1. The third kappa shape index (κ3) is 5.99. The van der Waals surface area contributed by atoms with Crippen LogP contribution in [-0.4, -0.2) is 23.8 Å². The van der Waals surface area contributed by atoms with Crippen molar-refractivity contribution in [2.75, 3.05) is 11.9 Å². The van der Waals surface area contributed by atoms with Gasteiger partial charge in [-0.1, -0.05) is 72.8 Å². The average molecular weight is 446 g/mol. The minimum absolute atomic E-state index is 0.159. The van der Waals surface area contributed by atoms with E-state index in [0.29, 0.717) is 18.6 Å². The lowest BCUT2D eigenvalue weighted by Gasteiger charge is -2.27. The number of anilines is 1. The maximum Gasteiger partial charge on any atom is 0.411 e. The molecule has 1 aliphatic rings. The molecule has 4 rings (SSSR count). The summed E-state index contributed by atoms with van der Waals surface area (Å²) in [6, 6.07) is 24.4. The molecule has 3 aromatic rings. The lowest BCUT2D eigenvalue weighted by Crippen LogP contribution is -2.25. The number of aryl methyl sites for hydroxylation is 1. The van der Waals surface area contributed by atoms with Crippen LogP contribution in [0.15, 0.2) is 78.9 Å². The van der Waals surface area contributed by atoms with Crippen LogP contribution in [0.3, 0.4) is 0 Å². The van der Waals surface area contributed by atoms with Crippen molar-refractivity contribution >= 4 is 17.7 Å². The molecule has 0 aliphatic heterocycles. The van der Waals surface area contributed by atoms with E-state index in [1.807, 2.05) is 48.5 Å². The van der Waals surface area contributed by atoms with Crippen LogP contribution >= 0.6 is 0 Å². The summed E-state index contributed by atoms with van der Waals surface area (Å²) in [6.45, 7) is 0.534. The number of carbonyl (C=O) groups is 2. The second-order valence-electron chi connectivity index (χ2n) is 8.20. The Labute approximate surface area is 193 Å². The summed E-state index contributed by atoms with van der Waals surface area (Å²) in [5.41, 5.74) is 4.52. The standard InChI is InChI=1S/C27H27NO5/c29-26(30)25(22-10-5-2-6-11-22)32-18-20-14-15-21-12-7-13-24(23(21)16-20)28-27(31)33-17-19-8-3-1-4-9-19/h1-13,20,25H,14-18H2,(H,28,31)(H,29,30). The van der Waals surface area contributed by atoms with Crippen molar-refractivity contribution < 1.29 is 24.2 Å². The van der Waals surface area contributed by atoms with Gasteiger partial charge in [0.15, 0.2) is 6.10 Å². The van der Waals surface area contributed by atoms with E-state index in [4.69, 9.17) is 9.47 Å². The number of rotatable bonds is 8. The molecule has 0 fully saturated rings. The first-order valence-corrected chi connectivity index (χ1v) is 11.1. The Morgan fingerprint density at radius 3 is 2.42 bits per heavy atom. The van der Waals surface area contributed by atoms with Crippen LogP contribution in [0.5, 0.6) is 0 Å². The highest BCUT2D eigenvalue weighted by Gasteiger charge is 2.26. The van der Waals surface area contributed by atoms with Crippen molar-refractivity contribution in [2.24, 2.45) is 5.92 Å².